The van der Waals surface area contributed by atoms with E-state index in [4.69, 9.17) is 4.74 Å². The molecule has 1 amide bonds. The second kappa shape index (κ2) is 8.78. The summed E-state index contributed by atoms with van der Waals surface area (Å²) in [4.78, 5) is 12.8. The van der Waals surface area contributed by atoms with Crippen LogP contribution in [0.3, 0.4) is 0 Å². The zero-order valence-electron chi connectivity index (χ0n) is 15.6. The van der Waals surface area contributed by atoms with Gasteiger partial charge in [-0.2, -0.15) is 5.10 Å². The number of hydrogen-bond donors (Lipinski definition) is 1. The van der Waals surface area contributed by atoms with E-state index in [2.05, 4.69) is 20.6 Å². The molecule has 1 aliphatic rings. The molecular formula is C19H27N5O2. The number of nitrogens with one attached hydrogen (secondary N) is 1. The van der Waals surface area contributed by atoms with Crippen molar-refractivity contribution in [3.05, 3.63) is 29.6 Å². The van der Waals surface area contributed by atoms with E-state index in [0.29, 0.717) is 23.7 Å². The largest absolute Gasteiger partial charge is 0.480 e. The molecule has 7 nitrogen and oxygen atoms in total. The van der Waals surface area contributed by atoms with Crippen LogP contribution in [0.4, 0.5) is 0 Å². The number of aromatic nitrogens is 4. The van der Waals surface area contributed by atoms with Crippen molar-refractivity contribution >= 4 is 5.91 Å². The van der Waals surface area contributed by atoms with E-state index >= 15 is 0 Å². The molecule has 1 aliphatic carbocycles. The van der Waals surface area contributed by atoms with Crippen molar-refractivity contribution in [1.29, 1.82) is 0 Å². The zero-order valence-corrected chi connectivity index (χ0v) is 15.6. The summed E-state index contributed by atoms with van der Waals surface area (Å²) < 4.78 is 6.72. The molecule has 0 aliphatic heterocycles. The lowest BCUT2D eigenvalue weighted by Crippen LogP contribution is -2.35. The third-order valence-corrected chi connectivity index (χ3v) is 4.94. The molecule has 0 bridgehead atoms. The van der Waals surface area contributed by atoms with Gasteiger partial charge in [-0.15, -0.1) is 10.2 Å². The monoisotopic (exact) mass is 357 g/mol. The minimum absolute atomic E-state index is 0.0415. The van der Waals surface area contributed by atoms with Crippen molar-refractivity contribution in [3.8, 4) is 11.7 Å². The number of hydrogen-bond acceptors (Lipinski definition) is 5. The van der Waals surface area contributed by atoms with Crippen LogP contribution in [0.15, 0.2) is 18.3 Å². The second-order valence-electron chi connectivity index (χ2n) is 6.72. The van der Waals surface area contributed by atoms with Crippen molar-refractivity contribution in [1.82, 2.24) is 25.3 Å². The first kappa shape index (κ1) is 18.4. The van der Waals surface area contributed by atoms with Gasteiger partial charge in [0.05, 0.1) is 24.6 Å². The first-order valence-corrected chi connectivity index (χ1v) is 9.48. The molecule has 3 rings (SSSR count). The van der Waals surface area contributed by atoms with Gasteiger partial charge in [0, 0.05) is 12.1 Å². The summed E-state index contributed by atoms with van der Waals surface area (Å²) in [6.45, 7) is 2.01. The Morgan fingerprint density at radius 1 is 1.19 bits per heavy atom. The molecule has 1 fully saturated rings. The van der Waals surface area contributed by atoms with E-state index in [0.717, 1.165) is 18.5 Å². The number of carbonyl (C=O) groups excluding carboxylic acids is 1. The normalized spacial score (nSPS) is 15.9. The standard InChI is InChI=1S/C19H27N5O2/c1-3-16-15(19(25)21-14-9-7-5-4-6-8-10-14)13-20-24(16)17-11-12-18(26-2)23-22-17/h11-14H,3-10H2,1-2H3,(H,21,25). The van der Waals surface area contributed by atoms with Crippen LogP contribution in [0.25, 0.3) is 5.82 Å². The molecule has 0 saturated heterocycles. The van der Waals surface area contributed by atoms with E-state index < -0.39 is 0 Å². The first-order chi connectivity index (χ1) is 12.7. The summed E-state index contributed by atoms with van der Waals surface area (Å²) in [6, 6.07) is 3.78. The smallest absolute Gasteiger partial charge is 0.254 e. The lowest BCUT2D eigenvalue weighted by molar-refractivity contribution is 0.0929. The highest BCUT2D eigenvalue weighted by Crippen LogP contribution is 2.19. The number of carbonyl (C=O) groups is 1. The molecule has 2 heterocycles. The summed E-state index contributed by atoms with van der Waals surface area (Å²) in [5.41, 5.74) is 1.46. The molecule has 1 saturated carbocycles. The van der Waals surface area contributed by atoms with Crippen molar-refractivity contribution in [2.75, 3.05) is 7.11 Å². The molecule has 26 heavy (non-hydrogen) atoms. The minimum Gasteiger partial charge on any atom is -0.480 e. The number of methoxy groups -OCH3 is 1. The molecular weight excluding hydrogens is 330 g/mol. The van der Waals surface area contributed by atoms with Gasteiger partial charge in [0.15, 0.2) is 5.82 Å². The Kier molecular flexibility index (Phi) is 6.20. The van der Waals surface area contributed by atoms with Crippen molar-refractivity contribution in [2.45, 2.75) is 64.3 Å². The van der Waals surface area contributed by atoms with Gasteiger partial charge in [0.2, 0.25) is 5.88 Å². The van der Waals surface area contributed by atoms with Gasteiger partial charge in [0.25, 0.3) is 5.91 Å². The fourth-order valence-corrected chi connectivity index (χ4v) is 3.50. The maximum atomic E-state index is 12.8. The van der Waals surface area contributed by atoms with E-state index in [9.17, 15) is 4.79 Å². The maximum absolute atomic E-state index is 12.8. The number of nitrogens with zero attached hydrogens (tertiary/aromatic N) is 4. The highest BCUT2D eigenvalue weighted by Gasteiger charge is 2.21. The van der Waals surface area contributed by atoms with Crippen LogP contribution in [-0.2, 0) is 6.42 Å². The highest BCUT2D eigenvalue weighted by atomic mass is 16.5. The van der Waals surface area contributed by atoms with Crippen molar-refractivity contribution < 1.29 is 9.53 Å². The van der Waals surface area contributed by atoms with E-state index in [1.54, 1.807) is 30.1 Å². The fraction of sp³-hybridized carbons (Fsp3) is 0.579. The molecule has 0 spiro atoms. The van der Waals surface area contributed by atoms with Crippen LogP contribution in [0.1, 0.15) is 67.9 Å². The molecule has 140 valence electrons. The number of ether oxygens (including phenoxy) is 1. The van der Waals surface area contributed by atoms with Crippen LogP contribution in [0.2, 0.25) is 0 Å². The van der Waals surface area contributed by atoms with Crippen molar-refractivity contribution in [3.63, 3.8) is 0 Å². The third-order valence-electron chi connectivity index (χ3n) is 4.94. The number of rotatable bonds is 5. The van der Waals surface area contributed by atoms with Crippen molar-refractivity contribution in [2.24, 2.45) is 0 Å². The van der Waals surface area contributed by atoms with Crippen LogP contribution >= 0.6 is 0 Å². The highest BCUT2D eigenvalue weighted by molar-refractivity contribution is 5.95. The Labute approximate surface area is 154 Å². The van der Waals surface area contributed by atoms with Gasteiger partial charge in [0.1, 0.15) is 0 Å². The molecule has 0 aromatic carbocycles. The summed E-state index contributed by atoms with van der Waals surface area (Å²) in [6.07, 6.45) is 10.6. The van der Waals surface area contributed by atoms with E-state index in [1.807, 2.05) is 6.92 Å². The summed E-state index contributed by atoms with van der Waals surface area (Å²) in [5, 5.41) is 15.7. The maximum Gasteiger partial charge on any atom is 0.254 e. The van der Waals surface area contributed by atoms with Gasteiger partial charge >= 0.3 is 0 Å². The lowest BCUT2D eigenvalue weighted by atomic mass is 9.96. The third kappa shape index (κ3) is 4.20. The van der Waals surface area contributed by atoms with Gasteiger partial charge in [-0.25, -0.2) is 4.68 Å². The molecule has 7 heteroatoms. The summed E-state index contributed by atoms with van der Waals surface area (Å²) in [5.74, 6) is 0.981. The number of amides is 1. The predicted octanol–water partition coefficient (Wildman–Crippen LogP) is 3.08. The van der Waals surface area contributed by atoms with Crippen LogP contribution in [0, 0.1) is 0 Å². The average molecular weight is 357 g/mol. The Morgan fingerprint density at radius 2 is 1.92 bits per heavy atom. The second-order valence-corrected chi connectivity index (χ2v) is 6.72. The predicted molar refractivity (Wildman–Crippen MR) is 98.7 cm³/mol. The molecule has 0 radical (unpaired) electrons. The van der Waals surface area contributed by atoms with E-state index in [1.165, 1.54) is 32.1 Å². The molecule has 2 aromatic heterocycles. The Bertz CT molecular complexity index is 718. The summed E-state index contributed by atoms with van der Waals surface area (Å²) >= 11 is 0. The first-order valence-electron chi connectivity index (χ1n) is 9.48. The molecule has 0 unspecified atom stereocenters. The van der Waals surface area contributed by atoms with Crippen LogP contribution in [-0.4, -0.2) is 39.0 Å². The minimum atomic E-state index is -0.0415. The molecule has 1 N–H and O–H groups in total. The van der Waals surface area contributed by atoms with Gasteiger partial charge in [-0.05, 0) is 25.3 Å². The van der Waals surface area contributed by atoms with E-state index in [-0.39, 0.29) is 11.9 Å². The molecule has 0 atom stereocenters. The zero-order chi connectivity index (χ0) is 18.4. The Balaban J connectivity index is 1.76. The van der Waals surface area contributed by atoms with Crippen LogP contribution < -0.4 is 10.1 Å². The lowest BCUT2D eigenvalue weighted by Gasteiger charge is -2.21. The SMILES string of the molecule is CCc1c(C(=O)NC2CCCCCCC2)cnn1-c1ccc(OC)nn1. The summed E-state index contributed by atoms with van der Waals surface area (Å²) in [7, 11) is 1.55. The average Bonchev–Trinajstić information content (AvgIpc) is 3.08. The van der Waals surface area contributed by atoms with Crippen LogP contribution in [0.5, 0.6) is 5.88 Å². The molecule has 2 aromatic rings. The van der Waals surface area contributed by atoms with Gasteiger partial charge in [-0.1, -0.05) is 39.0 Å². The van der Waals surface area contributed by atoms with Gasteiger partial charge in [-0.3, -0.25) is 4.79 Å². The topological polar surface area (TPSA) is 81.9 Å². The fourth-order valence-electron chi connectivity index (χ4n) is 3.50. The Morgan fingerprint density at radius 3 is 2.54 bits per heavy atom. The van der Waals surface area contributed by atoms with Gasteiger partial charge < -0.3 is 10.1 Å². The quantitative estimate of drug-likeness (QED) is 0.889. The Hall–Kier alpha value is -2.44.